The fourth-order valence-electron chi connectivity index (χ4n) is 7.05. The molecule has 0 radical (unpaired) electrons. The van der Waals surface area contributed by atoms with Crippen molar-refractivity contribution in [3.63, 3.8) is 0 Å². The van der Waals surface area contributed by atoms with Gasteiger partial charge in [0.05, 0.1) is 18.0 Å². The second kappa shape index (κ2) is 14.6. The Morgan fingerprint density at radius 2 is 1.73 bits per heavy atom. The van der Waals surface area contributed by atoms with Crippen molar-refractivity contribution in [2.45, 2.75) is 70.5 Å². The third kappa shape index (κ3) is 7.82. The van der Waals surface area contributed by atoms with Crippen molar-refractivity contribution in [1.29, 1.82) is 0 Å². The maximum Gasteiger partial charge on any atom is 0.416 e. The number of carboxylic acid groups (broad SMARTS) is 1. The molecule has 3 aromatic carbocycles. The molecular formula is C40H36F6N4O5. The minimum Gasteiger partial charge on any atom is -0.481 e. The Morgan fingerprint density at radius 3 is 2.36 bits per heavy atom. The zero-order valence-electron chi connectivity index (χ0n) is 30.2. The monoisotopic (exact) mass is 766 g/mol. The lowest BCUT2D eigenvalue weighted by Gasteiger charge is -2.34. The molecule has 55 heavy (non-hydrogen) atoms. The molecule has 0 unspecified atom stereocenters. The molecule has 4 bridgehead atoms. The van der Waals surface area contributed by atoms with Crippen LogP contribution >= 0.6 is 0 Å². The molecule has 3 heterocycles. The molecule has 0 saturated carbocycles. The summed E-state index contributed by atoms with van der Waals surface area (Å²) < 4.78 is 95.4. The lowest BCUT2D eigenvalue weighted by atomic mass is 9.87. The van der Waals surface area contributed by atoms with E-state index in [1.165, 1.54) is 25.1 Å². The Balaban J connectivity index is 1.62. The fourth-order valence-corrected chi connectivity index (χ4v) is 7.05. The van der Waals surface area contributed by atoms with Gasteiger partial charge in [-0.1, -0.05) is 0 Å². The van der Waals surface area contributed by atoms with Gasteiger partial charge in [-0.3, -0.25) is 23.9 Å². The number of carboxylic acids is 1. The van der Waals surface area contributed by atoms with Gasteiger partial charge in [0.25, 0.3) is 11.1 Å². The van der Waals surface area contributed by atoms with Crippen molar-refractivity contribution in [1.82, 2.24) is 14.8 Å². The summed E-state index contributed by atoms with van der Waals surface area (Å²) in [5, 5.41) is 12.4. The highest BCUT2D eigenvalue weighted by molar-refractivity contribution is 5.85. The molecule has 6 rings (SSSR count). The number of aryl methyl sites for hydroxylation is 2. The average molecular weight is 767 g/mol. The molecule has 15 heteroatoms. The van der Waals surface area contributed by atoms with Crippen LogP contribution in [0.25, 0.3) is 16.0 Å². The van der Waals surface area contributed by atoms with E-state index < -0.39 is 82.2 Å². The molecule has 1 saturated heterocycles. The normalized spacial score (nSPS) is 17.7. The number of amides is 1. The first-order valence-electron chi connectivity index (χ1n) is 17.3. The van der Waals surface area contributed by atoms with Crippen molar-refractivity contribution in [3.8, 4) is 22.6 Å². The standard InChI is InChI=1S/C40H36F6N4O5/c1-20-11-24(39(3,4)47-5)13-32-35(20)23-10-21(2)36(43)28(12-23)31(16-34(52)53)48-38(54)37(27-14-26(55-32)6-7-30(27)42)50-17-22(8-9-49-18-25(41)19-49)29(15-33(50)51)40(44,45)46/h6-7,10-15,17,25,31,37H,8-9,16,18-19H2,1-4H3,(H,48,54)(H,52,53)/t31-,37-/m0/s1. The van der Waals surface area contributed by atoms with E-state index in [1.54, 1.807) is 37.8 Å². The number of nitrogens with one attached hydrogen (secondary N) is 1. The molecule has 1 aromatic heterocycles. The van der Waals surface area contributed by atoms with Crippen molar-refractivity contribution in [3.05, 3.63) is 127 Å². The average Bonchev–Trinajstić information content (AvgIpc) is 3.08. The van der Waals surface area contributed by atoms with Crippen LogP contribution in [0.4, 0.5) is 26.3 Å². The number of aliphatic carboxylic acids is 1. The smallest absolute Gasteiger partial charge is 0.416 e. The molecule has 1 amide bonds. The molecule has 4 aromatic rings. The van der Waals surface area contributed by atoms with Gasteiger partial charge in [0, 0.05) is 68.0 Å². The molecule has 2 N–H and O–H groups in total. The number of aromatic nitrogens is 1. The van der Waals surface area contributed by atoms with Crippen LogP contribution in [-0.2, 0) is 27.7 Å². The molecule has 2 atom stereocenters. The Bertz CT molecular complexity index is 2310. The summed E-state index contributed by atoms with van der Waals surface area (Å²) in [6.45, 7) is 14.3. The largest absolute Gasteiger partial charge is 0.481 e. The zero-order valence-corrected chi connectivity index (χ0v) is 30.2. The number of carbonyl (C=O) groups excluding carboxylic acids is 1. The molecule has 0 aliphatic carbocycles. The van der Waals surface area contributed by atoms with Crippen LogP contribution in [0, 0.1) is 32.1 Å². The Hall–Kier alpha value is -5.62. The number of pyridine rings is 1. The van der Waals surface area contributed by atoms with E-state index in [1.807, 2.05) is 0 Å². The van der Waals surface area contributed by atoms with Gasteiger partial charge in [-0.15, -0.1) is 0 Å². The van der Waals surface area contributed by atoms with Crippen molar-refractivity contribution in [2.75, 3.05) is 19.6 Å². The number of benzene rings is 3. The van der Waals surface area contributed by atoms with Crippen LogP contribution in [0.5, 0.6) is 11.5 Å². The zero-order chi connectivity index (χ0) is 40.1. The third-order valence-corrected chi connectivity index (χ3v) is 10.0. The van der Waals surface area contributed by atoms with E-state index in [2.05, 4.69) is 10.2 Å². The highest BCUT2D eigenvalue weighted by Gasteiger charge is 2.38. The summed E-state index contributed by atoms with van der Waals surface area (Å²) >= 11 is 0. The molecule has 2 aliphatic rings. The molecule has 9 nitrogen and oxygen atoms in total. The maximum atomic E-state index is 16.1. The maximum absolute atomic E-state index is 16.1. The van der Waals surface area contributed by atoms with E-state index in [0.29, 0.717) is 26.8 Å². The number of likely N-dealkylation sites (tertiary alicyclic amines) is 1. The minimum atomic E-state index is -5.00. The topological polar surface area (TPSA) is 105 Å². The first-order chi connectivity index (χ1) is 25.8. The van der Waals surface area contributed by atoms with Gasteiger partial charge in [-0.25, -0.2) is 19.7 Å². The van der Waals surface area contributed by atoms with E-state index in [9.17, 15) is 37.1 Å². The van der Waals surface area contributed by atoms with E-state index >= 15 is 8.78 Å². The number of nitrogens with zero attached hydrogens (tertiary/aromatic N) is 3. The number of ether oxygens (including phenoxy) is 1. The van der Waals surface area contributed by atoms with Crippen molar-refractivity contribution >= 4 is 11.9 Å². The van der Waals surface area contributed by atoms with Gasteiger partial charge in [-0.2, -0.15) is 13.2 Å². The third-order valence-electron chi connectivity index (χ3n) is 10.0. The van der Waals surface area contributed by atoms with Crippen LogP contribution in [0.2, 0.25) is 0 Å². The quantitative estimate of drug-likeness (QED) is 0.147. The SMILES string of the molecule is [C-]#[N+]C(C)(C)c1cc(C)c2c(c1)Oc1ccc(F)c(c1)[C@H](n1cc(CCN3CC(F)C3)c(C(F)(F)F)cc1=O)C(=O)N[C@@H](CC(=O)O)c1cc-2cc(C)c1F. The number of carbonyl (C=O) groups is 2. The molecule has 0 spiro atoms. The molecule has 288 valence electrons. The Labute approximate surface area is 312 Å². The minimum absolute atomic E-state index is 0.00570. The van der Waals surface area contributed by atoms with Crippen LogP contribution in [0.15, 0.2) is 59.5 Å². The van der Waals surface area contributed by atoms with Gasteiger partial charge < -0.3 is 20.0 Å². The summed E-state index contributed by atoms with van der Waals surface area (Å²) in [6.07, 6.45) is -6.54. The first-order valence-corrected chi connectivity index (χ1v) is 17.3. The lowest BCUT2D eigenvalue weighted by Crippen LogP contribution is -2.49. The van der Waals surface area contributed by atoms with E-state index in [4.69, 9.17) is 11.3 Å². The van der Waals surface area contributed by atoms with Gasteiger partial charge in [-0.05, 0) is 85.0 Å². The van der Waals surface area contributed by atoms with Crippen LogP contribution in [0.1, 0.15) is 71.3 Å². The fraction of sp³-hybridized carbons (Fsp3) is 0.350. The molecule has 2 aliphatic heterocycles. The molecule has 1 fully saturated rings. The Morgan fingerprint density at radius 1 is 1.02 bits per heavy atom. The van der Waals surface area contributed by atoms with E-state index in [0.717, 1.165) is 18.3 Å². The van der Waals surface area contributed by atoms with Gasteiger partial charge >= 0.3 is 12.1 Å². The number of hydrogen-bond acceptors (Lipinski definition) is 5. The summed E-state index contributed by atoms with van der Waals surface area (Å²) in [6, 6.07) is 6.08. The van der Waals surface area contributed by atoms with Crippen LogP contribution in [0.3, 0.4) is 0 Å². The summed E-state index contributed by atoms with van der Waals surface area (Å²) in [4.78, 5) is 45.5. The molecular weight excluding hydrogens is 730 g/mol. The van der Waals surface area contributed by atoms with Crippen molar-refractivity contribution < 1.29 is 45.8 Å². The van der Waals surface area contributed by atoms with Crippen LogP contribution < -0.4 is 15.6 Å². The first kappa shape index (κ1) is 39.1. The summed E-state index contributed by atoms with van der Waals surface area (Å²) in [5.74, 6) is -4.54. The number of rotatable bonds is 7. The predicted octanol–water partition coefficient (Wildman–Crippen LogP) is 7.81. The van der Waals surface area contributed by atoms with E-state index in [-0.39, 0.29) is 54.7 Å². The van der Waals surface area contributed by atoms with Crippen molar-refractivity contribution in [2.24, 2.45) is 0 Å². The number of alkyl halides is 4. The second-order valence-electron chi connectivity index (χ2n) is 14.4. The van der Waals surface area contributed by atoms with Gasteiger partial charge in [0.15, 0.2) is 0 Å². The van der Waals surface area contributed by atoms with Gasteiger partial charge in [0.2, 0.25) is 5.91 Å². The second-order valence-corrected chi connectivity index (χ2v) is 14.4. The summed E-state index contributed by atoms with van der Waals surface area (Å²) in [7, 11) is 0. The lowest BCUT2D eigenvalue weighted by molar-refractivity contribution is -0.139. The summed E-state index contributed by atoms with van der Waals surface area (Å²) in [5.41, 5.74) is -2.95. The number of hydrogen-bond donors (Lipinski definition) is 2. The number of fused-ring (bicyclic) bond motifs is 6. The highest BCUT2D eigenvalue weighted by Crippen LogP contribution is 2.43. The van der Waals surface area contributed by atoms with Gasteiger partial charge in [0.1, 0.15) is 35.3 Å². The number of halogens is 6. The van der Waals surface area contributed by atoms with Crippen LogP contribution in [-0.4, -0.2) is 52.3 Å². The predicted molar refractivity (Wildman–Crippen MR) is 189 cm³/mol. The Kier molecular flexibility index (Phi) is 10.3. The highest BCUT2D eigenvalue weighted by atomic mass is 19.4.